The molecular weight excluding hydrogens is 380 g/mol. The van der Waals surface area contributed by atoms with Crippen molar-refractivity contribution < 1.29 is 19.0 Å². The van der Waals surface area contributed by atoms with Crippen molar-refractivity contribution in [3.63, 3.8) is 0 Å². The molecular formula is C19H18N4O4S. The number of hydrogen-bond donors (Lipinski definition) is 2. The third-order valence-electron chi connectivity index (χ3n) is 3.85. The quantitative estimate of drug-likeness (QED) is 0.620. The minimum atomic E-state index is -0.334. The Balaban J connectivity index is 1.20. The number of nitrogens with one attached hydrogen (secondary N) is 2. The predicted molar refractivity (Wildman–Crippen MR) is 105 cm³/mol. The van der Waals surface area contributed by atoms with E-state index in [4.69, 9.17) is 14.2 Å². The normalized spacial score (nSPS) is 12.3. The highest BCUT2D eigenvalue weighted by atomic mass is 32.1. The average molecular weight is 398 g/mol. The summed E-state index contributed by atoms with van der Waals surface area (Å²) in [5.74, 6) is 1.71. The highest BCUT2D eigenvalue weighted by Gasteiger charge is 2.12. The molecule has 2 N–H and O–H groups in total. The smallest absolute Gasteiger partial charge is 0.319 e. The number of thiophene rings is 1. The molecule has 4 rings (SSSR count). The third-order valence-corrected chi connectivity index (χ3v) is 4.74. The molecule has 0 aliphatic carbocycles. The van der Waals surface area contributed by atoms with Gasteiger partial charge in [0.2, 0.25) is 5.88 Å². The first-order valence-electron chi connectivity index (χ1n) is 8.73. The molecule has 0 fully saturated rings. The summed E-state index contributed by atoms with van der Waals surface area (Å²) < 4.78 is 16.5. The van der Waals surface area contributed by atoms with E-state index < -0.39 is 0 Å². The number of anilines is 1. The Morgan fingerprint density at radius 2 is 2.00 bits per heavy atom. The Morgan fingerprint density at radius 3 is 2.79 bits per heavy atom. The molecule has 1 aliphatic rings. The zero-order chi connectivity index (χ0) is 19.2. The van der Waals surface area contributed by atoms with Crippen molar-refractivity contribution in [3.8, 4) is 28.0 Å². The van der Waals surface area contributed by atoms with Gasteiger partial charge in [-0.15, -0.1) is 21.5 Å². The van der Waals surface area contributed by atoms with Gasteiger partial charge in [0.15, 0.2) is 11.5 Å². The molecule has 1 aromatic carbocycles. The Hall–Kier alpha value is -3.33. The molecule has 8 nitrogen and oxygen atoms in total. The van der Waals surface area contributed by atoms with Crippen LogP contribution in [0.3, 0.4) is 0 Å². The van der Waals surface area contributed by atoms with Crippen LogP contribution >= 0.6 is 11.3 Å². The standard InChI is InChI=1S/C19H18N4O4S/c24-19(21-13-3-5-15-16(12-13)26-10-9-25-15)20-7-8-27-18-6-4-14(22-23-18)17-2-1-11-28-17/h1-6,11-12H,7-10H2,(H2,20,21,24). The van der Waals surface area contributed by atoms with Crippen LogP contribution in [0.4, 0.5) is 10.5 Å². The van der Waals surface area contributed by atoms with Gasteiger partial charge in [-0.1, -0.05) is 6.07 Å². The van der Waals surface area contributed by atoms with Gasteiger partial charge in [0.1, 0.15) is 25.5 Å². The first-order chi connectivity index (χ1) is 13.8. The van der Waals surface area contributed by atoms with Crippen LogP contribution in [0.15, 0.2) is 47.8 Å². The van der Waals surface area contributed by atoms with Crippen LogP contribution in [0, 0.1) is 0 Å². The van der Waals surface area contributed by atoms with E-state index in [9.17, 15) is 4.79 Å². The minimum Gasteiger partial charge on any atom is -0.486 e. The molecule has 0 saturated carbocycles. The van der Waals surface area contributed by atoms with Crippen LogP contribution in [0.5, 0.6) is 17.4 Å². The van der Waals surface area contributed by atoms with Gasteiger partial charge in [0.25, 0.3) is 0 Å². The van der Waals surface area contributed by atoms with E-state index in [0.29, 0.717) is 42.8 Å². The monoisotopic (exact) mass is 398 g/mol. The van der Waals surface area contributed by atoms with Crippen LogP contribution in [0.25, 0.3) is 10.6 Å². The van der Waals surface area contributed by atoms with Crippen molar-refractivity contribution >= 4 is 23.1 Å². The van der Waals surface area contributed by atoms with Gasteiger partial charge in [-0.2, -0.15) is 0 Å². The number of carbonyl (C=O) groups is 1. The Morgan fingerprint density at radius 1 is 1.11 bits per heavy atom. The number of aromatic nitrogens is 2. The van der Waals surface area contributed by atoms with Crippen molar-refractivity contribution in [1.82, 2.24) is 15.5 Å². The molecule has 0 saturated heterocycles. The number of carbonyl (C=O) groups excluding carboxylic acids is 1. The Bertz CT molecular complexity index is 932. The van der Waals surface area contributed by atoms with E-state index in [-0.39, 0.29) is 12.6 Å². The third kappa shape index (κ3) is 4.49. The SMILES string of the molecule is O=C(NCCOc1ccc(-c2cccs2)nn1)Nc1ccc2c(c1)OCCO2. The molecule has 9 heteroatoms. The number of nitrogens with zero attached hydrogens (tertiary/aromatic N) is 2. The number of fused-ring (bicyclic) bond motifs is 1. The molecule has 28 heavy (non-hydrogen) atoms. The summed E-state index contributed by atoms with van der Waals surface area (Å²) >= 11 is 1.60. The van der Waals surface area contributed by atoms with Crippen LogP contribution in [-0.4, -0.2) is 42.6 Å². The van der Waals surface area contributed by atoms with Crippen LogP contribution < -0.4 is 24.8 Å². The number of amides is 2. The largest absolute Gasteiger partial charge is 0.486 e. The molecule has 1 aliphatic heterocycles. The topological polar surface area (TPSA) is 94.6 Å². The molecule has 0 radical (unpaired) electrons. The summed E-state index contributed by atoms with van der Waals surface area (Å²) in [6.45, 7) is 1.63. The maximum atomic E-state index is 12.0. The summed E-state index contributed by atoms with van der Waals surface area (Å²) in [6, 6.07) is 12.5. The molecule has 0 unspecified atom stereocenters. The zero-order valence-corrected chi connectivity index (χ0v) is 15.7. The summed E-state index contributed by atoms with van der Waals surface area (Å²) in [6.07, 6.45) is 0. The summed E-state index contributed by atoms with van der Waals surface area (Å²) in [5, 5.41) is 15.6. The first-order valence-corrected chi connectivity index (χ1v) is 9.61. The fourth-order valence-electron chi connectivity index (χ4n) is 2.57. The zero-order valence-electron chi connectivity index (χ0n) is 14.9. The molecule has 0 atom stereocenters. The lowest BCUT2D eigenvalue weighted by Gasteiger charge is -2.19. The number of benzene rings is 1. The number of hydrogen-bond acceptors (Lipinski definition) is 7. The molecule has 2 amide bonds. The van der Waals surface area contributed by atoms with Gasteiger partial charge in [-0.05, 0) is 29.6 Å². The lowest BCUT2D eigenvalue weighted by Crippen LogP contribution is -2.32. The van der Waals surface area contributed by atoms with Gasteiger partial charge in [-0.3, -0.25) is 0 Å². The second-order valence-corrected chi connectivity index (χ2v) is 6.77. The molecule has 3 aromatic rings. The molecule has 0 bridgehead atoms. The fraction of sp³-hybridized carbons (Fsp3) is 0.211. The maximum absolute atomic E-state index is 12.0. The average Bonchev–Trinajstić information content (AvgIpc) is 3.26. The van der Waals surface area contributed by atoms with Gasteiger partial charge in [0.05, 0.1) is 11.4 Å². The Labute approximate surface area is 165 Å². The summed E-state index contributed by atoms with van der Waals surface area (Å²) in [4.78, 5) is 13.0. The highest BCUT2D eigenvalue weighted by molar-refractivity contribution is 7.13. The molecule has 0 spiro atoms. The second-order valence-electron chi connectivity index (χ2n) is 5.82. The number of urea groups is 1. The Kier molecular flexibility index (Phi) is 5.53. The van der Waals surface area contributed by atoms with E-state index in [0.717, 1.165) is 10.6 Å². The lowest BCUT2D eigenvalue weighted by atomic mass is 10.2. The van der Waals surface area contributed by atoms with Gasteiger partial charge in [0, 0.05) is 17.8 Å². The van der Waals surface area contributed by atoms with Crippen molar-refractivity contribution in [2.75, 3.05) is 31.7 Å². The van der Waals surface area contributed by atoms with Crippen molar-refractivity contribution in [2.24, 2.45) is 0 Å². The number of rotatable bonds is 6. The highest BCUT2D eigenvalue weighted by Crippen LogP contribution is 2.32. The number of ether oxygens (including phenoxy) is 3. The van der Waals surface area contributed by atoms with Gasteiger partial charge < -0.3 is 24.8 Å². The fourth-order valence-corrected chi connectivity index (χ4v) is 3.26. The van der Waals surface area contributed by atoms with Gasteiger partial charge >= 0.3 is 6.03 Å². The molecule has 3 heterocycles. The van der Waals surface area contributed by atoms with E-state index in [2.05, 4.69) is 20.8 Å². The summed E-state index contributed by atoms with van der Waals surface area (Å²) in [7, 11) is 0. The van der Waals surface area contributed by atoms with Gasteiger partial charge in [-0.25, -0.2) is 4.79 Å². The lowest BCUT2D eigenvalue weighted by molar-refractivity contribution is 0.171. The second kappa shape index (κ2) is 8.57. The van der Waals surface area contributed by atoms with Crippen molar-refractivity contribution in [1.29, 1.82) is 0 Å². The van der Waals surface area contributed by atoms with E-state index in [1.807, 2.05) is 23.6 Å². The van der Waals surface area contributed by atoms with E-state index in [1.54, 1.807) is 35.6 Å². The minimum absolute atomic E-state index is 0.279. The van der Waals surface area contributed by atoms with Crippen LogP contribution in [-0.2, 0) is 0 Å². The maximum Gasteiger partial charge on any atom is 0.319 e. The summed E-state index contributed by atoms with van der Waals surface area (Å²) in [5.41, 5.74) is 1.43. The first kappa shape index (κ1) is 18.1. The van der Waals surface area contributed by atoms with Crippen molar-refractivity contribution in [2.45, 2.75) is 0 Å². The van der Waals surface area contributed by atoms with Crippen LogP contribution in [0.1, 0.15) is 0 Å². The molecule has 144 valence electrons. The predicted octanol–water partition coefficient (Wildman–Crippen LogP) is 3.18. The van der Waals surface area contributed by atoms with E-state index >= 15 is 0 Å². The van der Waals surface area contributed by atoms with E-state index in [1.165, 1.54) is 0 Å². The van der Waals surface area contributed by atoms with Crippen molar-refractivity contribution in [3.05, 3.63) is 47.8 Å². The van der Waals surface area contributed by atoms with Crippen LogP contribution in [0.2, 0.25) is 0 Å². The molecule has 2 aromatic heterocycles.